The van der Waals surface area contributed by atoms with Crippen LogP contribution < -0.4 is 9.47 Å². The molecule has 0 saturated carbocycles. The van der Waals surface area contributed by atoms with Crippen molar-refractivity contribution in [2.24, 2.45) is 0 Å². The van der Waals surface area contributed by atoms with Crippen molar-refractivity contribution in [1.82, 2.24) is 9.97 Å². The molecular formula is C14H12ClN3O2. The zero-order valence-corrected chi connectivity index (χ0v) is 11.8. The fraction of sp³-hybridized carbons (Fsp3) is 0.214. The molecule has 0 aliphatic carbocycles. The van der Waals surface area contributed by atoms with E-state index in [0.717, 1.165) is 5.69 Å². The average molecular weight is 290 g/mol. The van der Waals surface area contributed by atoms with Crippen LogP contribution in [0.4, 0.5) is 0 Å². The summed E-state index contributed by atoms with van der Waals surface area (Å²) in [7, 11) is 1.53. The van der Waals surface area contributed by atoms with Crippen molar-refractivity contribution in [3.8, 4) is 17.6 Å². The summed E-state index contributed by atoms with van der Waals surface area (Å²) in [4.78, 5) is 8.28. The number of rotatable bonds is 4. The summed E-state index contributed by atoms with van der Waals surface area (Å²) in [5.41, 5.74) is 1.23. The third kappa shape index (κ3) is 3.59. The van der Waals surface area contributed by atoms with Crippen LogP contribution in [-0.4, -0.2) is 17.1 Å². The van der Waals surface area contributed by atoms with Crippen LogP contribution in [0.5, 0.6) is 11.5 Å². The number of benzene rings is 1. The van der Waals surface area contributed by atoms with Gasteiger partial charge in [-0.25, -0.2) is 9.97 Å². The summed E-state index contributed by atoms with van der Waals surface area (Å²) in [6, 6.07) is 8.67. The van der Waals surface area contributed by atoms with Crippen LogP contribution >= 0.6 is 11.6 Å². The standard InChI is InChI=1S/C14H12ClN3O2/c1-9-3-13(15)18-14(17-9)8-20-12-5-10(7-16)4-11(6-12)19-2/h3-6H,8H2,1-2H3. The predicted octanol–water partition coefficient (Wildman–Crippen LogP) is 2.90. The molecule has 5 nitrogen and oxygen atoms in total. The van der Waals surface area contributed by atoms with Gasteiger partial charge in [0.2, 0.25) is 0 Å². The van der Waals surface area contributed by atoms with Crippen LogP contribution in [0.15, 0.2) is 24.3 Å². The fourth-order valence-corrected chi connectivity index (χ4v) is 1.89. The van der Waals surface area contributed by atoms with Crippen LogP contribution in [0.25, 0.3) is 0 Å². The molecule has 0 N–H and O–H groups in total. The van der Waals surface area contributed by atoms with Gasteiger partial charge in [0, 0.05) is 11.8 Å². The Hall–Kier alpha value is -2.32. The van der Waals surface area contributed by atoms with Gasteiger partial charge in [-0.2, -0.15) is 5.26 Å². The number of aromatic nitrogens is 2. The quantitative estimate of drug-likeness (QED) is 0.810. The predicted molar refractivity (Wildman–Crippen MR) is 73.8 cm³/mol. The molecule has 2 aromatic rings. The number of nitriles is 1. The van der Waals surface area contributed by atoms with Crippen molar-refractivity contribution in [3.63, 3.8) is 0 Å². The molecule has 0 fully saturated rings. The molecule has 0 amide bonds. The maximum atomic E-state index is 8.94. The van der Waals surface area contributed by atoms with Crippen molar-refractivity contribution >= 4 is 11.6 Å². The second-order valence-corrected chi connectivity index (χ2v) is 4.43. The van der Waals surface area contributed by atoms with Crippen LogP contribution in [0.2, 0.25) is 5.15 Å². The van der Waals surface area contributed by atoms with Gasteiger partial charge in [-0.05, 0) is 25.1 Å². The Balaban J connectivity index is 2.16. The van der Waals surface area contributed by atoms with Crippen molar-refractivity contribution in [1.29, 1.82) is 5.26 Å². The Morgan fingerprint density at radius 1 is 1.20 bits per heavy atom. The third-order valence-corrected chi connectivity index (χ3v) is 2.68. The maximum absolute atomic E-state index is 8.94. The number of methoxy groups -OCH3 is 1. The van der Waals surface area contributed by atoms with Gasteiger partial charge in [0.1, 0.15) is 23.3 Å². The third-order valence-electron chi connectivity index (χ3n) is 2.48. The Bertz CT molecular complexity index is 648. The zero-order chi connectivity index (χ0) is 14.5. The molecule has 1 aromatic heterocycles. The summed E-state index contributed by atoms with van der Waals surface area (Å²) in [5.74, 6) is 1.56. The molecule has 2 rings (SSSR count). The van der Waals surface area contributed by atoms with E-state index in [9.17, 15) is 0 Å². The second kappa shape index (κ2) is 6.22. The van der Waals surface area contributed by atoms with E-state index in [4.69, 9.17) is 26.3 Å². The van der Waals surface area contributed by atoms with Crippen molar-refractivity contribution < 1.29 is 9.47 Å². The average Bonchev–Trinajstić information content (AvgIpc) is 2.43. The molecule has 0 saturated heterocycles. The topological polar surface area (TPSA) is 68.0 Å². The molecule has 6 heteroatoms. The van der Waals surface area contributed by atoms with E-state index in [1.165, 1.54) is 7.11 Å². The number of nitrogens with zero attached hydrogens (tertiary/aromatic N) is 3. The smallest absolute Gasteiger partial charge is 0.167 e. The minimum absolute atomic E-state index is 0.166. The molecule has 0 unspecified atom stereocenters. The first-order valence-corrected chi connectivity index (χ1v) is 6.20. The lowest BCUT2D eigenvalue weighted by atomic mass is 10.2. The van der Waals surface area contributed by atoms with Crippen LogP contribution in [-0.2, 0) is 6.61 Å². The van der Waals surface area contributed by atoms with E-state index >= 15 is 0 Å². The summed E-state index contributed by atoms with van der Waals surface area (Å²) in [6.07, 6.45) is 0. The first-order chi connectivity index (χ1) is 9.60. The Morgan fingerprint density at radius 3 is 2.60 bits per heavy atom. The van der Waals surface area contributed by atoms with Gasteiger partial charge in [-0.3, -0.25) is 0 Å². The molecule has 0 aliphatic heterocycles. The van der Waals surface area contributed by atoms with Gasteiger partial charge in [-0.15, -0.1) is 0 Å². The van der Waals surface area contributed by atoms with E-state index in [1.807, 2.05) is 13.0 Å². The normalized spacial score (nSPS) is 9.90. The van der Waals surface area contributed by atoms with Crippen molar-refractivity contribution in [3.05, 3.63) is 46.5 Å². The molecule has 1 aromatic carbocycles. The second-order valence-electron chi connectivity index (χ2n) is 4.05. The SMILES string of the molecule is COc1cc(C#N)cc(OCc2nc(C)cc(Cl)n2)c1. The minimum Gasteiger partial charge on any atom is -0.497 e. The highest BCUT2D eigenvalue weighted by Crippen LogP contribution is 2.23. The zero-order valence-electron chi connectivity index (χ0n) is 11.1. The Kier molecular flexibility index (Phi) is 4.38. The largest absolute Gasteiger partial charge is 0.497 e. The molecule has 20 heavy (non-hydrogen) atoms. The number of hydrogen-bond acceptors (Lipinski definition) is 5. The maximum Gasteiger partial charge on any atom is 0.167 e. The Morgan fingerprint density at radius 2 is 1.95 bits per heavy atom. The van der Waals surface area contributed by atoms with Gasteiger partial charge in [-0.1, -0.05) is 11.6 Å². The molecular weight excluding hydrogens is 278 g/mol. The molecule has 0 radical (unpaired) electrons. The summed E-state index contributed by atoms with van der Waals surface area (Å²) in [6.45, 7) is 2.00. The molecule has 0 aliphatic rings. The van der Waals surface area contributed by atoms with Crippen molar-refractivity contribution in [2.75, 3.05) is 7.11 Å². The molecule has 0 spiro atoms. The first kappa shape index (κ1) is 14.1. The first-order valence-electron chi connectivity index (χ1n) is 5.83. The van der Waals surface area contributed by atoms with E-state index in [-0.39, 0.29) is 6.61 Å². The van der Waals surface area contributed by atoms with Crippen LogP contribution in [0, 0.1) is 18.3 Å². The molecule has 102 valence electrons. The highest BCUT2D eigenvalue weighted by atomic mass is 35.5. The Labute approximate surface area is 121 Å². The number of hydrogen-bond donors (Lipinski definition) is 0. The van der Waals surface area contributed by atoms with Gasteiger partial charge in [0.05, 0.1) is 18.7 Å². The molecule has 0 bridgehead atoms. The van der Waals surface area contributed by atoms with Crippen molar-refractivity contribution in [2.45, 2.75) is 13.5 Å². The molecule has 0 atom stereocenters. The lowest BCUT2D eigenvalue weighted by Gasteiger charge is -2.08. The van der Waals surface area contributed by atoms with Gasteiger partial charge in [0.15, 0.2) is 5.82 Å². The number of halogens is 1. The summed E-state index contributed by atoms with van der Waals surface area (Å²) < 4.78 is 10.7. The summed E-state index contributed by atoms with van der Waals surface area (Å²) in [5, 5.41) is 9.31. The van der Waals surface area contributed by atoms with Gasteiger partial charge in [0.25, 0.3) is 0 Å². The molecule has 1 heterocycles. The van der Waals surface area contributed by atoms with E-state index in [2.05, 4.69) is 9.97 Å². The monoisotopic (exact) mass is 289 g/mol. The number of ether oxygens (including phenoxy) is 2. The van der Waals surface area contributed by atoms with E-state index < -0.39 is 0 Å². The van der Waals surface area contributed by atoms with Crippen LogP contribution in [0.3, 0.4) is 0 Å². The fourth-order valence-electron chi connectivity index (χ4n) is 1.64. The van der Waals surface area contributed by atoms with Crippen LogP contribution in [0.1, 0.15) is 17.1 Å². The highest BCUT2D eigenvalue weighted by Gasteiger charge is 2.05. The van der Waals surface area contributed by atoms with E-state index in [0.29, 0.717) is 28.0 Å². The van der Waals surface area contributed by atoms with Gasteiger partial charge < -0.3 is 9.47 Å². The minimum atomic E-state index is 0.166. The van der Waals surface area contributed by atoms with E-state index in [1.54, 1.807) is 24.3 Å². The van der Waals surface area contributed by atoms with Gasteiger partial charge >= 0.3 is 0 Å². The lowest BCUT2D eigenvalue weighted by molar-refractivity contribution is 0.293. The summed E-state index contributed by atoms with van der Waals surface area (Å²) >= 11 is 5.86. The number of aryl methyl sites for hydroxylation is 1. The highest BCUT2D eigenvalue weighted by molar-refractivity contribution is 6.29. The lowest BCUT2D eigenvalue weighted by Crippen LogP contribution is -2.03.